The lowest BCUT2D eigenvalue weighted by molar-refractivity contribution is 0.311. The van der Waals surface area contributed by atoms with Gasteiger partial charge in [-0.3, -0.25) is 4.98 Å². The summed E-state index contributed by atoms with van der Waals surface area (Å²) in [6, 6.07) is 10.3. The Hall–Kier alpha value is -2.33. The quantitative estimate of drug-likeness (QED) is 0.499. The van der Waals surface area contributed by atoms with Crippen molar-refractivity contribution in [3.05, 3.63) is 58.2 Å². The van der Waals surface area contributed by atoms with Crippen LogP contribution < -0.4 is 10.6 Å². The maximum absolute atomic E-state index is 14.1. The van der Waals surface area contributed by atoms with Crippen LogP contribution in [0.15, 0.2) is 48.8 Å². The second kappa shape index (κ2) is 8.17. The fourth-order valence-corrected chi connectivity index (χ4v) is 2.60. The van der Waals surface area contributed by atoms with Gasteiger partial charge in [-0.1, -0.05) is 0 Å². The van der Waals surface area contributed by atoms with Gasteiger partial charge in [-0.15, -0.1) is 0 Å². The molecule has 0 saturated carbocycles. The van der Waals surface area contributed by atoms with Crippen molar-refractivity contribution in [2.75, 3.05) is 23.8 Å². The van der Waals surface area contributed by atoms with Gasteiger partial charge >= 0.3 is 0 Å². The third-order valence-electron chi connectivity index (χ3n) is 3.27. The maximum Gasteiger partial charge on any atom is 0.225 e. The molecule has 3 N–H and O–H groups in total. The standard InChI is InChI=1S/C17H15FIN5O/c18-13-8-12(19)3-4-14(13)22-16-9-15(11-2-1-5-20-10-11)23-17(24-16)21-6-7-25/h1-5,8-10,25H,6-7H2,(H2,21,22,23,24). The summed E-state index contributed by atoms with van der Waals surface area (Å²) >= 11 is 2.05. The highest BCUT2D eigenvalue weighted by Gasteiger charge is 2.09. The summed E-state index contributed by atoms with van der Waals surface area (Å²) in [5.41, 5.74) is 1.77. The molecule has 2 heterocycles. The van der Waals surface area contributed by atoms with Gasteiger partial charge < -0.3 is 15.7 Å². The van der Waals surface area contributed by atoms with Crippen molar-refractivity contribution in [1.82, 2.24) is 15.0 Å². The van der Waals surface area contributed by atoms with Gasteiger partial charge in [0.1, 0.15) is 11.6 Å². The summed E-state index contributed by atoms with van der Waals surface area (Å²) in [5.74, 6) is 0.413. The number of anilines is 3. The van der Waals surface area contributed by atoms with Crippen LogP contribution in [0, 0.1) is 9.39 Å². The van der Waals surface area contributed by atoms with Crippen LogP contribution in [0.3, 0.4) is 0 Å². The molecule has 0 aliphatic rings. The minimum atomic E-state index is -0.363. The van der Waals surface area contributed by atoms with Gasteiger partial charge in [-0.05, 0) is 52.9 Å². The molecule has 0 aliphatic heterocycles. The summed E-state index contributed by atoms with van der Waals surface area (Å²) in [4.78, 5) is 12.8. The lowest BCUT2D eigenvalue weighted by Crippen LogP contribution is -2.10. The molecule has 0 bridgehead atoms. The van der Waals surface area contributed by atoms with E-state index in [4.69, 9.17) is 5.11 Å². The highest BCUT2D eigenvalue weighted by molar-refractivity contribution is 14.1. The molecule has 0 aliphatic carbocycles. The number of rotatable bonds is 6. The van der Waals surface area contributed by atoms with Gasteiger partial charge in [0.15, 0.2) is 0 Å². The Kier molecular flexibility index (Phi) is 5.71. The molecule has 0 saturated heterocycles. The molecular formula is C17H15FIN5O. The number of halogens is 2. The Morgan fingerprint density at radius 2 is 2.04 bits per heavy atom. The third-order valence-corrected chi connectivity index (χ3v) is 3.94. The molecule has 0 amide bonds. The molecular weight excluding hydrogens is 436 g/mol. The van der Waals surface area contributed by atoms with E-state index in [1.807, 2.05) is 12.1 Å². The van der Waals surface area contributed by atoms with E-state index in [-0.39, 0.29) is 12.4 Å². The predicted octanol–water partition coefficient (Wildman–Crippen LogP) is 3.43. The molecule has 25 heavy (non-hydrogen) atoms. The van der Waals surface area contributed by atoms with Gasteiger partial charge in [0.2, 0.25) is 5.95 Å². The summed E-state index contributed by atoms with van der Waals surface area (Å²) in [6.07, 6.45) is 3.36. The molecule has 128 valence electrons. The highest BCUT2D eigenvalue weighted by atomic mass is 127. The lowest BCUT2D eigenvalue weighted by atomic mass is 10.2. The maximum atomic E-state index is 14.1. The van der Waals surface area contributed by atoms with Crippen LogP contribution in [0.1, 0.15) is 0 Å². The summed E-state index contributed by atoms with van der Waals surface area (Å²) < 4.78 is 14.9. The normalized spacial score (nSPS) is 10.5. The first kappa shape index (κ1) is 17.5. The lowest BCUT2D eigenvalue weighted by Gasteiger charge is -2.11. The van der Waals surface area contributed by atoms with Crippen LogP contribution in [-0.2, 0) is 0 Å². The first-order valence-corrected chi connectivity index (χ1v) is 8.60. The minimum Gasteiger partial charge on any atom is -0.395 e. The van der Waals surface area contributed by atoms with Gasteiger partial charge in [-0.25, -0.2) is 9.37 Å². The van der Waals surface area contributed by atoms with Crippen LogP contribution in [0.4, 0.5) is 21.8 Å². The molecule has 0 spiro atoms. The number of nitrogens with zero attached hydrogens (tertiary/aromatic N) is 3. The fraction of sp³-hybridized carbons (Fsp3) is 0.118. The van der Waals surface area contributed by atoms with E-state index in [9.17, 15) is 4.39 Å². The largest absolute Gasteiger partial charge is 0.395 e. The highest BCUT2D eigenvalue weighted by Crippen LogP contribution is 2.25. The summed E-state index contributed by atoms with van der Waals surface area (Å²) in [7, 11) is 0. The number of hydrogen-bond donors (Lipinski definition) is 3. The Labute approximate surface area is 157 Å². The number of aliphatic hydroxyl groups is 1. The van der Waals surface area contributed by atoms with E-state index in [0.29, 0.717) is 29.7 Å². The molecule has 0 fully saturated rings. The second-order valence-corrected chi connectivity index (χ2v) is 6.35. The van der Waals surface area contributed by atoms with Gasteiger partial charge in [-0.2, -0.15) is 4.98 Å². The first-order chi connectivity index (χ1) is 12.2. The van der Waals surface area contributed by atoms with Crippen LogP contribution in [-0.4, -0.2) is 33.2 Å². The van der Waals surface area contributed by atoms with E-state index in [1.54, 1.807) is 30.6 Å². The second-order valence-electron chi connectivity index (χ2n) is 5.10. The molecule has 6 nitrogen and oxygen atoms in total. The molecule has 8 heteroatoms. The molecule has 3 aromatic rings. The number of aromatic nitrogens is 3. The molecule has 0 unspecified atom stereocenters. The number of nitrogens with one attached hydrogen (secondary N) is 2. The Morgan fingerprint density at radius 3 is 2.76 bits per heavy atom. The number of aliphatic hydroxyl groups excluding tert-OH is 1. The summed E-state index contributed by atoms with van der Waals surface area (Å²) in [5, 5.41) is 14.9. The molecule has 0 radical (unpaired) electrons. The molecule has 0 atom stereocenters. The fourth-order valence-electron chi connectivity index (χ4n) is 2.15. The summed E-state index contributed by atoms with van der Waals surface area (Å²) in [6.45, 7) is 0.267. The van der Waals surface area contributed by atoms with Crippen molar-refractivity contribution in [1.29, 1.82) is 0 Å². The third kappa shape index (κ3) is 4.60. The van der Waals surface area contributed by atoms with E-state index in [0.717, 1.165) is 9.13 Å². The molecule has 2 aromatic heterocycles. The van der Waals surface area contributed by atoms with Crippen molar-refractivity contribution < 1.29 is 9.50 Å². The average Bonchev–Trinajstić information content (AvgIpc) is 2.63. The minimum absolute atomic E-state index is 0.0466. The number of pyridine rings is 1. The van der Waals surface area contributed by atoms with Crippen LogP contribution in [0.2, 0.25) is 0 Å². The van der Waals surface area contributed by atoms with Crippen molar-refractivity contribution >= 4 is 40.0 Å². The van der Waals surface area contributed by atoms with Crippen molar-refractivity contribution in [2.45, 2.75) is 0 Å². The Morgan fingerprint density at radius 1 is 1.16 bits per heavy atom. The SMILES string of the molecule is OCCNc1nc(Nc2ccc(I)cc2F)cc(-c2cccnc2)n1. The average molecular weight is 451 g/mol. The van der Waals surface area contributed by atoms with Crippen molar-refractivity contribution in [2.24, 2.45) is 0 Å². The van der Waals surface area contributed by atoms with Crippen LogP contribution in [0.5, 0.6) is 0 Å². The van der Waals surface area contributed by atoms with Gasteiger partial charge in [0.25, 0.3) is 0 Å². The van der Waals surface area contributed by atoms with Gasteiger partial charge in [0, 0.05) is 34.1 Å². The van der Waals surface area contributed by atoms with E-state index >= 15 is 0 Å². The Bertz CT molecular complexity index is 863. The topological polar surface area (TPSA) is 83.0 Å². The number of benzene rings is 1. The monoisotopic (exact) mass is 451 g/mol. The van der Waals surface area contributed by atoms with Crippen molar-refractivity contribution in [3.8, 4) is 11.3 Å². The van der Waals surface area contributed by atoms with E-state index in [2.05, 4.69) is 48.2 Å². The zero-order valence-corrected chi connectivity index (χ0v) is 15.2. The Balaban J connectivity index is 1.96. The smallest absolute Gasteiger partial charge is 0.225 e. The van der Waals surface area contributed by atoms with Crippen molar-refractivity contribution in [3.63, 3.8) is 0 Å². The van der Waals surface area contributed by atoms with E-state index in [1.165, 1.54) is 6.07 Å². The zero-order chi connectivity index (χ0) is 17.6. The zero-order valence-electron chi connectivity index (χ0n) is 13.1. The number of hydrogen-bond acceptors (Lipinski definition) is 6. The van der Waals surface area contributed by atoms with E-state index < -0.39 is 0 Å². The van der Waals surface area contributed by atoms with Crippen LogP contribution in [0.25, 0.3) is 11.3 Å². The molecule has 3 rings (SSSR count). The predicted molar refractivity (Wildman–Crippen MR) is 103 cm³/mol. The molecule has 1 aromatic carbocycles. The first-order valence-electron chi connectivity index (χ1n) is 7.52. The van der Waals surface area contributed by atoms with Gasteiger partial charge in [0.05, 0.1) is 18.0 Å². The van der Waals surface area contributed by atoms with Crippen LogP contribution >= 0.6 is 22.6 Å².